The number of hydrogen-bond donors (Lipinski definition) is 1. The molecule has 0 radical (unpaired) electrons. The van der Waals surface area contributed by atoms with E-state index in [1.807, 2.05) is 50.2 Å². The van der Waals surface area contributed by atoms with Gasteiger partial charge in [-0.1, -0.05) is 47.6 Å². The third-order valence-corrected chi connectivity index (χ3v) is 4.96. The summed E-state index contributed by atoms with van der Waals surface area (Å²) >= 11 is 7.48. The smallest absolute Gasteiger partial charge is 0.234 e. The molecule has 1 N–H and O–H groups in total. The first-order valence-electron chi connectivity index (χ1n) is 7.46. The number of carbonyl (C=O) groups is 1. The zero-order valence-corrected chi connectivity index (χ0v) is 14.9. The van der Waals surface area contributed by atoms with Crippen LogP contribution in [0.1, 0.15) is 11.4 Å². The second kappa shape index (κ2) is 7.20. The zero-order valence-electron chi connectivity index (χ0n) is 13.3. The third kappa shape index (κ3) is 3.68. The van der Waals surface area contributed by atoms with E-state index in [1.54, 1.807) is 6.07 Å². The highest BCUT2D eigenvalue weighted by molar-refractivity contribution is 8.00. The normalized spacial score (nSPS) is 10.8. The summed E-state index contributed by atoms with van der Waals surface area (Å²) in [6, 6.07) is 13.3. The van der Waals surface area contributed by atoms with Crippen LogP contribution >= 0.6 is 23.4 Å². The van der Waals surface area contributed by atoms with Gasteiger partial charge in [0.05, 0.1) is 11.3 Å². The van der Waals surface area contributed by atoms with Gasteiger partial charge < -0.3 is 5.32 Å². The fourth-order valence-corrected chi connectivity index (χ4v) is 3.37. The lowest BCUT2D eigenvalue weighted by Gasteiger charge is -2.10. The maximum absolute atomic E-state index is 12.3. The molecule has 122 valence electrons. The summed E-state index contributed by atoms with van der Waals surface area (Å²) in [7, 11) is 0. The fourth-order valence-electron chi connectivity index (χ4n) is 2.33. The molecular formula is C18H16ClN3OS. The summed E-state index contributed by atoms with van der Waals surface area (Å²) in [6.07, 6.45) is 0. The van der Waals surface area contributed by atoms with Crippen molar-refractivity contribution >= 4 is 45.9 Å². The van der Waals surface area contributed by atoms with Crippen LogP contribution in [0.3, 0.4) is 0 Å². The van der Waals surface area contributed by atoms with E-state index in [1.165, 1.54) is 11.8 Å². The van der Waals surface area contributed by atoms with Gasteiger partial charge in [-0.3, -0.25) is 4.79 Å². The average molecular weight is 358 g/mol. The summed E-state index contributed by atoms with van der Waals surface area (Å²) in [6.45, 7) is 3.73. The van der Waals surface area contributed by atoms with Gasteiger partial charge in [0.2, 0.25) is 5.91 Å². The highest BCUT2D eigenvalue weighted by Gasteiger charge is 2.11. The molecule has 1 heterocycles. The molecule has 0 aliphatic heterocycles. The average Bonchev–Trinajstić information content (AvgIpc) is 2.56. The number of benzene rings is 2. The number of thioether (sulfide) groups is 1. The molecule has 0 bridgehead atoms. The van der Waals surface area contributed by atoms with Gasteiger partial charge in [-0.25, -0.2) is 9.97 Å². The number of rotatable bonds is 4. The summed E-state index contributed by atoms with van der Waals surface area (Å²) in [4.78, 5) is 21.1. The molecule has 0 unspecified atom stereocenters. The minimum atomic E-state index is -0.0919. The van der Waals surface area contributed by atoms with Crippen LogP contribution < -0.4 is 5.32 Å². The van der Waals surface area contributed by atoms with Crippen LogP contribution in [0.15, 0.2) is 47.5 Å². The summed E-state index contributed by atoms with van der Waals surface area (Å²) in [5.74, 6) is 0.875. The number of fused-ring (bicyclic) bond motifs is 1. The third-order valence-electron chi connectivity index (χ3n) is 3.56. The van der Waals surface area contributed by atoms with Gasteiger partial charge in [0.1, 0.15) is 10.9 Å². The van der Waals surface area contributed by atoms with Crippen molar-refractivity contribution in [3.63, 3.8) is 0 Å². The van der Waals surface area contributed by atoms with E-state index < -0.39 is 0 Å². The minimum Gasteiger partial charge on any atom is -0.325 e. The van der Waals surface area contributed by atoms with Crippen LogP contribution in [0.25, 0.3) is 10.9 Å². The van der Waals surface area contributed by atoms with Crippen molar-refractivity contribution in [3.05, 3.63) is 58.9 Å². The van der Waals surface area contributed by atoms with Crippen LogP contribution in [0.5, 0.6) is 0 Å². The first kappa shape index (κ1) is 16.7. The molecule has 0 aliphatic carbocycles. The molecule has 0 saturated heterocycles. The molecule has 3 aromatic rings. The van der Waals surface area contributed by atoms with Crippen molar-refractivity contribution in [1.29, 1.82) is 0 Å². The Bertz CT molecular complexity index is 914. The maximum Gasteiger partial charge on any atom is 0.234 e. The Morgan fingerprint density at radius 1 is 1.12 bits per heavy atom. The van der Waals surface area contributed by atoms with E-state index in [-0.39, 0.29) is 11.7 Å². The van der Waals surface area contributed by atoms with Crippen molar-refractivity contribution < 1.29 is 4.79 Å². The Hall–Kier alpha value is -2.11. The first-order valence-corrected chi connectivity index (χ1v) is 8.82. The molecule has 24 heavy (non-hydrogen) atoms. The van der Waals surface area contributed by atoms with Crippen molar-refractivity contribution in [2.45, 2.75) is 18.9 Å². The van der Waals surface area contributed by atoms with E-state index in [0.29, 0.717) is 10.8 Å². The molecule has 1 amide bonds. The Morgan fingerprint density at radius 2 is 1.92 bits per heavy atom. The van der Waals surface area contributed by atoms with E-state index >= 15 is 0 Å². The number of nitrogens with one attached hydrogen (secondary N) is 1. The van der Waals surface area contributed by atoms with Crippen molar-refractivity contribution in [3.8, 4) is 0 Å². The van der Waals surface area contributed by atoms with Crippen LogP contribution in [0.4, 0.5) is 5.69 Å². The second-order valence-electron chi connectivity index (χ2n) is 5.34. The molecule has 2 aromatic carbocycles. The SMILES string of the molecule is Cc1nc(SCC(=O)Nc2cccc(Cl)c2C)c2ccccc2n1. The fraction of sp³-hybridized carbons (Fsp3) is 0.167. The highest BCUT2D eigenvalue weighted by atomic mass is 35.5. The van der Waals surface area contributed by atoms with E-state index in [2.05, 4.69) is 15.3 Å². The Balaban J connectivity index is 1.74. The van der Waals surface area contributed by atoms with Crippen LogP contribution in [-0.2, 0) is 4.79 Å². The van der Waals surface area contributed by atoms with Gasteiger partial charge >= 0.3 is 0 Å². The largest absolute Gasteiger partial charge is 0.325 e. The number of halogens is 1. The molecular weight excluding hydrogens is 342 g/mol. The predicted octanol–water partition coefficient (Wildman–Crippen LogP) is 4.63. The minimum absolute atomic E-state index is 0.0919. The topological polar surface area (TPSA) is 54.9 Å². The number of carbonyl (C=O) groups excluding carboxylic acids is 1. The molecule has 0 spiro atoms. The van der Waals surface area contributed by atoms with Gasteiger partial charge in [-0.15, -0.1) is 0 Å². The quantitative estimate of drug-likeness (QED) is 0.546. The summed E-state index contributed by atoms with van der Waals surface area (Å²) in [5, 5.41) is 5.31. The van der Waals surface area contributed by atoms with Gasteiger partial charge in [0, 0.05) is 16.1 Å². The lowest BCUT2D eigenvalue weighted by molar-refractivity contribution is -0.113. The Kier molecular flexibility index (Phi) is 5.02. The van der Waals surface area contributed by atoms with Crippen molar-refractivity contribution in [1.82, 2.24) is 9.97 Å². The van der Waals surface area contributed by atoms with E-state index in [4.69, 9.17) is 11.6 Å². The van der Waals surface area contributed by atoms with Crippen LogP contribution in [0.2, 0.25) is 5.02 Å². The van der Waals surface area contributed by atoms with Crippen LogP contribution in [0, 0.1) is 13.8 Å². The number of hydrogen-bond acceptors (Lipinski definition) is 4. The Labute approximate surface area is 149 Å². The lowest BCUT2D eigenvalue weighted by atomic mass is 10.2. The number of amides is 1. The van der Waals surface area contributed by atoms with Gasteiger partial charge in [0.25, 0.3) is 0 Å². The number of para-hydroxylation sites is 1. The second-order valence-corrected chi connectivity index (χ2v) is 6.71. The number of nitrogens with zero attached hydrogens (tertiary/aromatic N) is 2. The summed E-state index contributed by atoms with van der Waals surface area (Å²) < 4.78 is 0. The first-order chi connectivity index (χ1) is 11.5. The van der Waals surface area contributed by atoms with Crippen molar-refractivity contribution in [2.24, 2.45) is 0 Å². The van der Waals surface area contributed by atoms with Crippen molar-refractivity contribution in [2.75, 3.05) is 11.1 Å². The summed E-state index contributed by atoms with van der Waals surface area (Å²) in [5.41, 5.74) is 2.48. The monoisotopic (exact) mass is 357 g/mol. The number of anilines is 1. The number of aryl methyl sites for hydroxylation is 1. The molecule has 0 atom stereocenters. The molecule has 3 rings (SSSR count). The Morgan fingerprint density at radius 3 is 2.75 bits per heavy atom. The van der Waals surface area contributed by atoms with E-state index in [9.17, 15) is 4.79 Å². The highest BCUT2D eigenvalue weighted by Crippen LogP contribution is 2.26. The molecule has 0 aliphatic rings. The van der Waals surface area contributed by atoms with Gasteiger partial charge in [-0.05, 0) is 37.6 Å². The van der Waals surface area contributed by atoms with Gasteiger partial charge in [0.15, 0.2) is 0 Å². The predicted molar refractivity (Wildman–Crippen MR) is 99.8 cm³/mol. The molecule has 4 nitrogen and oxygen atoms in total. The molecule has 6 heteroatoms. The zero-order chi connectivity index (χ0) is 17.1. The molecule has 0 saturated carbocycles. The van der Waals surface area contributed by atoms with Crippen LogP contribution in [-0.4, -0.2) is 21.6 Å². The van der Waals surface area contributed by atoms with Gasteiger partial charge in [-0.2, -0.15) is 0 Å². The van der Waals surface area contributed by atoms with E-state index in [0.717, 1.165) is 27.2 Å². The molecule has 0 fully saturated rings. The maximum atomic E-state index is 12.3. The lowest BCUT2D eigenvalue weighted by Crippen LogP contribution is -2.15. The number of aromatic nitrogens is 2. The standard InChI is InChI=1S/C18H16ClN3OS/c1-11-14(19)7-5-9-15(11)22-17(23)10-24-18-13-6-3-4-8-16(13)20-12(2)21-18/h3-9H,10H2,1-2H3,(H,22,23). The molecule has 1 aromatic heterocycles.